The molecule has 1 aliphatic heterocycles. The van der Waals surface area contributed by atoms with Gasteiger partial charge in [0.05, 0.1) is 23.8 Å². The first kappa shape index (κ1) is 20.7. The summed E-state index contributed by atoms with van der Waals surface area (Å²) in [4.78, 5) is 23.5. The number of halogens is 1. The number of fused-ring (bicyclic) bond motifs is 1. The van der Waals surface area contributed by atoms with Crippen LogP contribution in [0.25, 0.3) is 11.0 Å². The monoisotopic (exact) mass is 446 g/mol. The Balaban J connectivity index is 1.34. The van der Waals surface area contributed by atoms with Crippen LogP contribution in [0.3, 0.4) is 0 Å². The number of benzene rings is 2. The van der Waals surface area contributed by atoms with Gasteiger partial charge in [0, 0.05) is 30.6 Å². The van der Waals surface area contributed by atoms with Gasteiger partial charge in [0.1, 0.15) is 5.82 Å². The Labute approximate surface area is 190 Å². The summed E-state index contributed by atoms with van der Waals surface area (Å²) in [5.74, 6) is 0.590. The van der Waals surface area contributed by atoms with Crippen molar-refractivity contribution in [1.82, 2.24) is 19.4 Å². The molecule has 0 unspecified atom stereocenters. The number of nitrogens with zero attached hydrogens (tertiary/aromatic N) is 4. The number of imidazole rings is 1. The molecule has 4 aromatic rings. The summed E-state index contributed by atoms with van der Waals surface area (Å²) in [6.07, 6.45) is 5.70. The quantitative estimate of drug-likeness (QED) is 0.385. The Morgan fingerprint density at radius 3 is 2.62 bits per heavy atom. The van der Waals surface area contributed by atoms with Crippen molar-refractivity contribution >= 4 is 28.7 Å². The highest BCUT2D eigenvalue weighted by molar-refractivity contribution is 7.98. The minimum absolute atomic E-state index is 0.117. The van der Waals surface area contributed by atoms with Gasteiger partial charge in [0.15, 0.2) is 5.16 Å². The molecule has 0 radical (unpaired) electrons. The summed E-state index contributed by atoms with van der Waals surface area (Å²) in [7, 11) is 0. The van der Waals surface area contributed by atoms with Crippen molar-refractivity contribution in [2.45, 2.75) is 30.3 Å². The van der Waals surface area contributed by atoms with Crippen LogP contribution in [0.15, 0.2) is 72.1 Å². The Kier molecular flexibility index (Phi) is 5.90. The molecule has 5 nitrogen and oxygen atoms in total. The average Bonchev–Trinajstić information content (AvgIpc) is 3.47. The zero-order chi connectivity index (χ0) is 21.9. The number of pyridine rings is 1. The van der Waals surface area contributed by atoms with Crippen LogP contribution in [0, 0.1) is 5.82 Å². The van der Waals surface area contributed by atoms with Crippen molar-refractivity contribution in [3.8, 4) is 0 Å². The van der Waals surface area contributed by atoms with Crippen LogP contribution < -0.4 is 0 Å². The van der Waals surface area contributed by atoms with Crippen molar-refractivity contribution in [1.29, 1.82) is 0 Å². The minimum atomic E-state index is -0.247. The van der Waals surface area contributed by atoms with E-state index >= 15 is 0 Å². The third-order valence-corrected chi connectivity index (χ3v) is 6.75. The Bertz CT molecular complexity index is 1250. The second-order valence-electron chi connectivity index (χ2n) is 7.96. The van der Waals surface area contributed by atoms with Crippen molar-refractivity contribution in [2.75, 3.05) is 13.1 Å². The van der Waals surface area contributed by atoms with Gasteiger partial charge < -0.3 is 9.47 Å². The van der Waals surface area contributed by atoms with E-state index in [1.807, 2.05) is 41.3 Å². The van der Waals surface area contributed by atoms with E-state index in [1.54, 1.807) is 36.3 Å². The number of hydrogen-bond acceptors (Lipinski definition) is 4. The lowest BCUT2D eigenvalue weighted by molar-refractivity contribution is 0.0793. The molecule has 0 saturated carbocycles. The molecule has 0 atom stereocenters. The van der Waals surface area contributed by atoms with Crippen LogP contribution in [0.5, 0.6) is 0 Å². The number of hydrogen-bond donors (Lipinski definition) is 0. The van der Waals surface area contributed by atoms with Gasteiger partial charge in [-0.2, -0.15) is 0 Å². The van der Waals surface area contributed by atoms with Gasteiger partial charge in [0.2, 0.25) is 0 Å². The molecule has 162 valence electrons. The number of thioether (sulfide) groups is 1. The van der Waals surface area contributed by atoms with E-state index in [1.165, 1.54) is 6.07 Å². The summed E-state index contributed by atoms with van der Waals surface area (Å²) in [5, 5.41) is 0.856. The highest BCUT2D eigenvalue weighted by atomic mass is 32.2. The zero-order valence-corrected chi connectivity index (χ0v) is 18.4. The first-order valence-electron chi connectivity index (χ1n) is 10.7. The Morgan fingerprint density at radius 1 is 1.03 bits per heavy atom. The standard InChI is InChI=1S/C25H23FN4OS/c26-21-5-3-4-19(14-21)16-30-23-15-27-11-10-22(23)28-25(30)32-17-18-6-8-20(9-7-18)24(31)29-12-1-2-13-29/h3-11,14-15H,1-2,12-13,16-17H2. The van der Waals surface area contributed by atoms with Crippen LogP contribution in [-0.4, -0.2) is 38.4 Å². The van der Waals surface area contributed by atoms with E-state index in [4.69, 9.17) is 4.98 Å². The van der Waals surface area contributed by atoms with E-state index < -0.39 is 0 Å². The van der Waals surface area contributed by atoms with Gasteiger partial charge in [0.25, 0.3) is 5.91 Å². The Morgan fingerprint density at radius 2 is 1.84 bits per heavy atom. The molecule has 1 aliphatic rings. The van der Waals surface area contributed by atoms with Crippen LogP contribution in [0.4, 0.5) is 4.39 Å². The fourth-order valence-electron chi connectivity index (χ4n) is 4.02. The van der Waals surface area contributed by atoms with E-state index in [0.29, 0.717) is 6.54 Å². The van der Waals surface area contributed by atoms with Crippen LogP contribution in [-0.2, 0) is 12.3 Å². The van der Waals surface area contributed by atoms with Crippen LogP contribution in [0.1, 0.15) is 34.3 Å². The number of rotatable bonds is 6. The minimum Gasteiger partial charge on any atom is -0.339 e. The largest absolute Gasteiger partial charge is 0.339 e. The average molecular weight is 447 g/mol. The van der Waals surface area contributed by atoms with Gasteiger partial charge in [-0.05, 0) is 54.3 Å². The van der Waals surface area contributed by atoms with Crippen molar-refractivity contribution in [3.05, 3.63) is 89.5 Å². The molecule has 1 fully saturated rings. The summed E-state index contributed by atoms with van der Waals surface area (Å²) in [6.45, 7) is 2.23. The maximum absolute atomic E-state index is 13.7. The molecule has 32 heavy (non-hydrogen) atoms. The molecule has 0 aliphatic carbocycles. The number of carbonyl (C=O) groups is 1. The molecule has 2 aromatic carbocycles. The van der Waals surface area contributed by atoms with E-state index in [2.05, 4.69) is 9.55 Å². The lowest BCUT2D eigenvalue weighted by Crippen LogP contribution is -2.27. The van der Waals surface area contributed by atoms with Gasteiger partial charge in [-0.3, -0.25) is 9.78 Å². The predicted molar refractivity (Wildman–Crippen MR) is 124 cm³/mol. The molecule has 1 amide bonds. The second kappa shape index (κ2) is 9.12. The fourth-order valence-corrected chi connectivity index (χ4v) is 4.99. The van der Waals surface area contributed by atoms with Crippen molar-refractivity contribution in [2.24, 2.45) is 0 Å². The van der Waals surface area contributed by atoms with E-state index in [0.717, 1.165) is 64.6 Å². The molecule has 3 heterocycles. The molecule has 1 saturated heterocycles. The first-order valence-corrected chi connectivity index (χ1v) is 11.7. The lowest BCUT2D eigenvalue weighted by atomic mass is 10.1. The topological polar surface area (TPSA) is 51.0 Å². The second-order valence-corrected chi connectivity index (χ2v) is 8.90. The zero-order valence-electron chi connectivity index (χ0n) is 17.6. The summed E-state index contributed by atoms with van der Waals surface area (Å²) < 4.78 is 15.8. The molecule has 0 bridgehead atoms. The smallest absolute Gasteiger partial charge is 0.253 e. The highest BCUT2D eigenvalue weighted by Gasteiger charge is 2.19. The number of aromatic nitrogens is 3. The van der Waals surface area contributed by atoms with Gasteiger partial charge >= 0.3 is 0 Å². The van der Waals surface area contributed by atoms with Crippen LogP contribution in [0.2, 0.25) is 0 Å². The maximum Gasteiger partial charge on any atom is 0.253 e. The predicted octanol–water partition coefficient (Wildman–Crippen LogP) is 5.15. The summed E-state index contributed by atoms with van der Waals surface area (Å²) >= 11 is 1.62. The van der Waals surface area contributed by atoms with Crippen molar-refractivity contribution < 1.29 is 9.18 Å². The highest BCUT2D eigenvalue weighted by Crippen LogP contribution is 2.28. The van der Waals surface area contributed by atoms with Gasteiger partial charge in [-0.1, -0.05) is 36.0 Å². The molecule has 2 aromatic heterocycles. The first-order chi connectivity index (χ1) is 15.7. The maximum atomic E-state index is 13.7. The van der Waals surface area contributed by atoms with Gasteiger partial charge in [-0.15, -0.1) is 0 Å². The molecule has 7 heteroatoms. The van der Waals surface area contributed by atoms with Crippen molar-refractivity contribution in [3.63, 3.8) is 0 Å². The van der Waals surface area contributed by atoms with Gasteiger partial charge in [-0.25, -0.2) is 9.37 Å². The third kappa shape index (κ3) is 4.39. The number of amides is 1. The van der Waals surface area contributed by atoms with Crippen LogP contribution >= 0.6 is 11.8 Å². The molecular weight excluding hydrogens is 423 g/mol. The molecule has 5 rings (SSSR count). The van der Waals surface area contributed by atoms with E-state index in [-0.39, 0.29) is 11.7 Å². The SMILES string of the molecule is O=C(c1ccc(CSc2nc3ccncc3n2Cc2cccc(F)c2)cc1)N1CCCC1. The summed E-state index contributed by atoms with van der Waals surface area (Å²) in [6, 6.07) is 16.4. The Hall–Kier alpha value is -3.19. The molecule has 0 N–H and O–H groups in total. The summed E-state index contributed by atoms with van der Waals surface area (Å²) in [5.41, 5.74) is 4.52. The third-order valence-electron chi connectivity index (χ3n) is 5.71. The fraction of sp³-hybridized carbons (Fsp3) is 0.240. The normalized spacial score (nSPS) is 13.7. The number of likely N-dealkylation sites (tertiary alicyclic amines) is 1. The molecule has 0 spiro atoms. The lowest BCUT2D eigenvalue weighted by Gasteiger charge is -2.15. The number of carbonyl (C=O) groups excluding carboxylic acids is 1. The molecular formula is C25H23FN4OS. The van der Waals surface area contributed by atoms with E-state index in [9.17, 15) is 9.18 Å².